The third-order valence-corrected chi connectivity index (χ3v) is 9.82. The van der Waals surface area contributed by atoms with E-state index in [1.807, 2.05) is 0 Å². The van der Waals surface area contributed by atoms with Gasteiger partial charge in [-0.3, -0.25) is 14.3 Å². The molecule has 1 fully saturated rings. The lowest BCUT2D eigenvalue weighted by Gasteiger charge is -2.37. The Kier molecular flexibility index (Phi) is 10.0. The highest BCUT2D eigenvalue weighted by atomic mass is 35.5. The monoisotopic (exact) mass is 667 g/mol. The molecule has 2 N–H and O–H groups in total. The quantitative estimate of drug-likeness (QED) is 0.200. The molecule has 46 heavy (non-hydrogen) atoms. The summed E-state index contributed by atoms with van der Waals surface area (Å²) in [5, 5.41) is 6.81. The van der Waals surface area contributed by atoms with Crippen LogP contribution in [0.4, 0.5) is 34.5 Å². The fourth-order valence-corrected chi connectivity index (χ4v) is 7.42. The van der Waals surface area contributed by atoms with Crippen LogP contribution in [0.15, 0.2) is 42.9 Å². The second kappa shape index (κ2) is 13.8. The molecule has 1 aliphatic heterocycles. The molecule has 12 nitrogen and oxygen atoms in total. The number of aromatic nitrogens is 4. The van der Waals surface area contributed by atoms with Crippen molar-refractivity contribution >= 4 is 67.2 Å². The summed E-state index contributed by atoms with van der Waals surface area (Å²) < 4.78 is 33.1. The average Bonchev–Trinajstić information content (AvgIpc) is 3.02. The van der Waals surface area contributed by atoms with Gasteiger partial charge in [0.15, 0.2) is 5.82 Å². The van der Waals surface area contributed by atoms with Crippen molar-refractivity contribution in [3.05, 3.63) is 53.4 Å². The van der Waals surface area contributed by atoms with Crippen molar-refractivity contribution in [2.24, 2.45) is 0 Å². The number of ether oxygens (including phenoxy) is 1. The third kappa shape index (κ3) is 7.06. The number of rotatable bonds is 11. The van der Waals surface area contributed by atoms with Gasteiger partial charge in [-0.1, -0.05) is 18.5 Å². The van der Waals surface area contributed by atoms with E-state index in [0.29, 0.717) is 34.2 Å². The molecule has 0 atom stereocenters. The molecule has 2 aromatic heterocycles. The minimum absolute atomic E-state index is 0.254. The predicted octanol–water partition coefficient (Wildman–Crippen LogP) is 5.84. The molecule has 14 heteroatoms. The van der Waals surface area contributed by atoms with Crippen molar-refractivity contribution in [1.29, 1.82) is 0 Å². The molecule has 1 aliphatic rings. The number of aryl methyl sites for hydroxylation is 1. The molecule has 246 valence electrons. The van der Waals surface area contributed by atoms with Gasteiger partial charge in [0.05, 0.1) is 36.5 Å². The zero-order valence-corrected chi connectivity index (χ0v) is 28.9. The van der Waals surface area contributed by atoms with E-state index >= 15 is 0 Å². The predicted molar refractivity (Wildman–Crippen MR) is 187 cm³/mol. The maximum absolute atomic E-state index is 13.0. The molecule has 4 aromatic rings. The number of halogens is 1. The highest BCUT2D eigenvalue weighted by Crippen LogP contribution is 2.39. The Balaban J connectivity index is 1.48. The zero-order chi connectivity index (χ0) is 33.2. The molecule has 0 radical (unpaired) electrons. The first-order chi connectivity index (χ1) is 21.9. The minimum Gasteiger partial charge on any atom is -0.494 e. The Morgan fingerprint density at radius 1 is 1.07 bits per heavy atom. The summed E-state index contributed by atoms with van der Waals surface area (Å²) in [5.41, 5.74) is 4.88. The number of fused-ring (bicyclic) bond motifs is 1. The van der Waals surface area contributed by atoms with Crippen molar-refractivity contribution < 1.29 is 13.2 Å². The number of anilines is 6. The Hall–Kier alpha value is -3.94. The second-order valence-electron chi connectivity index (χ2n) is 11.9. The van der Waals surface area contributed by atoms with E-state index in [1.54, 1.807) is 39.3 Å². The standard InChI is InChI=1S/C32H42ClN9O3S/c1-8-21-17-26(28(45-6)18-27(21)41-15-11-22(12-16-41)40(4)5)38-32-36-19-23(33)31(39-32)37-25-10-9-24-29(35-14-13-34-24)30(25)42(20(2)3)46(7,43)44/h9-10,13-14,17-20,22H,8,11-12,15-16H2,1-7H3,(H2,36,37,38,39). The van der Waals surface area contributed by atoms with Gasteiger partial charge in [-0.2, -0.15) is 4.98 Å². The number of piperidine rings is 1. The van der Waals surface area contributed by atoms with Gasteiger partial charge < -0.3 is 25.2 Å². The van der Waals surface area contributed by atoms with Crippen molar-refractivity contribution in [2.75, 3.05) is 60.4 Å². The molecular weight excluding hydrogens is 626 g/mol. The lowest BCUT2D eigenvalue weighted by atomic mass is 10.0. The van der Waals surface area contributed by atoms with Crippen LogP contribution in [-0.2, 0) is 16.4 Å². The highest BCUT2D eigenvalue weighted by Gasteiger charge is 2.28. The summed E-state index contributed by atoms with van der Waals surface area (Å²) in [7, 11) is 2.25. The third-order valence-electron chi connectivity index (χ3n) is 8.22. The summed E-state index contributed by atoms with van der Waals surface area (Å²) >= 11 is 6.59. The Morgan fingerprint density at radius 2 is 1.78 bits per heavy atom. The lowest BCUT2D eigenvalue weighted by molar-refractivity contribution is 0.249. The van der Waals surface area contributed by atoms with E-state index in [4.69, 9.17) is 16.3 Å². The lowest BCUT2D eigenvalue weighted by Crippen LogP contribution is -2.42. The summed E-state index contributed by atoms with van der Waals surface area (Å²) in [5.74, 6) is 1.25. The molecule has 2 aromatic carbocycles. The summed E-state index contributed by atoms with van der Waals surface area (Å²) in [6, 6.07) is 7.88. The molecule has 1 saturated heterocycles. The minimum atomic E-state index is -3.69. The van der Waals surface area contributed by atoms with Gasteiger partial charge in [0, 0.05) is 49.3 Å². The normalized spacial score (nSPS) is 14.3. The van der Waals surface area contributed by atoms with Crippen LogP contribution in [-0.4, -0.2) is 85.9 Å². The van der Waals surface area contributed by atoms with Crippen LogP contribution in [0.5, 0.6) is 5.75 Å². The zero-order valence-electron chi connectivity index (χ0n) is 27.4. The summed E-state index contributed by atoms with van der Waals surface area (Å²) in [4.78, 5) is 22.7. The van der Waals surface area contributed by atoms with E-state index in [-0.39, 0.29) is 16.8 Å². The van der Waals surface area contributed by atoms with Gasteiger partial charge in [-0.25, -0.2) is 13.4 Å². The van der Waals surface area contributed by atoms with Gasteiger partial charge in [-0.05, 0) is 71.0 Å². The number of hydrogen-bond donors (Lipinski definition) is 2. The molecule has 3 heterocycles. The topological polar surface area (TPSA) is 129 Å². The number of methoxy groups -OCH3 is 1. The number of nitrogens with zero attached hydrogens (tertiary/aromatic N) is 7. The molecular formula is C32H42ClN9O3S. The van der Waals surface area contributed by atoms with Gasteiger partial charge >= 0.3 is 0 Å². The number of sulfonamides is 1. The van der Waals surface area contributed by atoms with Crippen LogP contribution in [0.25, 0.3) is 11.0 Å². The first kappa shape index (κ1) is 33.4. The molecule has 0 unspecified atom stereocenters. The Morgan fingerprint density at radius 3 is 2.41 bits per heavy atom. The SMILES string of the molecule is CCc1cc(Nc2ncc(Cl)c(Nc3ccc4nccnc4c3N(C(C)C)S(C)(=O)=O)n2)c(OC)cc1N1CCC(N(C)C)CC1. The van der Waals surface area contributed by atoms with Crippen LogP contribution >= 0.6 is 11.6 Å². The number of nitrogens with one attached hydrogen (secondary N) is 2. The van der Waals surface area contributed by atoms with Gasteiger partial charge in [0.1, 0.15) is 22.0 Å². The van der Waals surface area contributed by atoms with Crippen LogP contribution in [0.1, 0.15) is 39.2 Å². The first-order valence-electron chi connectivity index (χ1n) is 15.3. The molecule has 0 aliphatic carbocycles. The van der Waals surface area contributed by atoms with Gasteiger partial charge in [0.2, 0.25) is 16.0 Å². The number of benzene rings is 2. The number of hydrogen-bond acceptors (Lipinski definition) is 11. The van der Waals surface area contributed by atoms with E-state index in [1.165, 1.54) is 34.2 Å². The van der Waals surface area contributed by atoms with Crippen molar-refractivity contribution in [3.63, 3.8) is 0 Å². The van der Waals surface area contributed by atoms with E-state index < -0.39 is 16.1 Å². The Labute approximate surface area is 276 Å². The summed E-state index contributed by atoms with van der Waals surface area (Å²) in [6.07, 6.45) is 8.82. The Bertz CT molecular complexity index is 1810. The smallest absolute Gasteiger partial charge is 0.232 e. The fourth-order valence-electron chi connectivity index (χ4n) is 6.00. The maximum Gasteiger partial charge on any atom is 0.232 e. The van der Waals surface area contributed by atoms with Crippen molar-refractivity contribution in [3.8, 4) is 5.75 Å². The van der Waals surface area contributed by atoms with Crippen LogP contribution < -0.4 is 24.6 Å². The molecule has 0 spiro atoms. The maximum atomic E-state index is 13.0. The second-order valence-corrected chi connectivity index (χ2v) is 14.2. The van der Waals surface area contributed by atoms with Crippen LogP contribution in [0.2, 0.25) is 5.02 Å². The largest absolute Gasteiger partial charge is 0.494 e. The van der Waals surface area contributed by atoms with E-state index in [0.717, 1.165) is 38.0 Å². The van der Waals surface area contributed by atoms with Crippen LogP contribution in [0, 0.1) is 0 Å². The van der Waals surface area contributed by atoms with Crippen molar-refractivity contribution in [1.82, 2.24) is 24.8 Å². The van der Waals surface area contributed by atoms with E-state index in [9.17, 15) is 8.42 Å². The molecule has 0 bridgehead atoms. The fraction of sp³-hybridized carbons (Fsp3) is 0.438. The molecule has 0 saturated carbocycles. The average molecular weight is 668 g/mol. The molecule has 0 amide bonds. The van der Waals surface area contributed by atoms with Crippen molar-refractivity contribution in [2.45, 2.75) is 52.1 Å². The first-order valence-corrected chi connectivity index (χ1v) is 17.6. The molecule has 5 rings (SSSR count). The van der Waals surface area contributed by atoms with E-state index in [2.05, 4.69) is 73.5 Å². The van der Waals surface area contributed by atoms with Gasteiger partial charge in [0.25, 0.3) is 0 Å². The summed E-state index contributed by atoms with van der Waals surface area (Å²) in [6.45, 7) is 7.71. The highest BCUT2D eigenvalue weighted by molar-refractivity contribution is 7.92. The van der Waals surface area contributed by atoms with Crippen LogP contribution in [0.3, 0.4) is 0 Å². The van der Waals surface area contributed by atoms with Gasteiger partial charge in [-0.15, -0.1) is 0 Å².